The van der Waals surface area contributed by atoms with Crippen molar-refractivity contribution in [3.8, 4) is 0 Å². The second-order valence-electron chi connectivity index (χ2n) is 2.60. The number of nitrogens with zero attached hydrogens (tertiary/aromatic N) is 1. The monoisotopic (exact) mass is 212 g/mol. The number of hydrogen-bond donors (Lipinski definition) is 1. The minimum Gasteiger partial charge on any atom is -0.385 e. The SMILES string of the molecule is CNC(=O)CO/N=C(/C)c1cccs1. The summed E-state index contributed by atoms with van der Waals surface area (Å²) < 4.78 is 0. The number of amides is 1. The summed E-state index contributed by atoms with van der Waals surface area (Å²) in [5.41, 5.74) is 0.781. The Hall–Kier alpha value is -1.36. The van der Waals surface area contributed by atoms with Crippen LogP contribution in [-0.2, 0) is 9.63 Å². The molecule has 0 radical (unpaired) electrons. The number of carbonyl (C=O) groups is 1. The molecule has 0 bridgehead atoms. The molecule has 1 aromatic rings. The summed E-state index contributed by atoms with van der Waals surface area (Å²) in [7, 11) is 1.56. The van der Waals surface area contributed by atoms with E-state index in [-0.39, 0.29) is 12.5 Å². The predicted octanol–water partition coefficient (Wildman–Crippen LogP) is 1.23. The molecule has 0 fully saturated rings. The molecule has 1 aromatic heterocycles. The van der Waals surface area contributed by atoms with Gasteiger partial charge in [-0.3, -0.25) is 4.79 Å². The van der Waals surface area contributed by atoms with Crippen molar-refractivity contribution in [1.82, 2.24) is 5.32 Å². The number of hydrogen-bond acceptors (Lipinski definition) is 4. The van der Waals surface area contributed by atoms with E-state index in [1.54, 1.807) is 18.4 Å². The maximum absolute atomic E-state index is 10.8. The number of nitrogens with one attached hydrogen (secondary N) is 1. The van der Waals surface area contributed by atoms with Crippen molar-refractivity contribution < 1.29 is 9.63 Å². The third-order valence-electron chi connectivity index (χ3n) is 1.55. The highest BCUT2D eigenvalue weighted by Gasteiger charge is 2.00. The van der Waals surface area contributed by atoms with Crippen molar-refractivity contribution in [1.29, 1.82) is 0 Å². The van der Waals surface area contributed by atoms with Crippen LogP contribution >= 0.6 is 11.3 Å². The summed E-state index contributed by atoms with van der Waals surface area (Å²) >= 11 is 1.58. The number of carbonyl (C=O) groups excluding carboxylic acids is 1. The molecule has 1 amide bonds. The van der Waals surface area contributed by atoms with Crippen LogP contribution in [0.5, 0.6) is 0 Å². The topological polar surface area (TPSA) is 50.7 Å². The third kappa shape index (κ3) is 3.18. The smallest absolute Gasteiger partial charge is 0.260 e. The van der Waals surface area contributed by atoms with Gasteiger partial charge in [0.2, 0.25) is 0 Å². The van der Waals surface area contributed by atoms with Crippen LogP contribution in [0.25, 0.3) is 0 Å². The molecule has 14 heavy (non-hydrogen) atoms. The van der Waals surface area contributed by atoms with Crippen molar-refractivity contribution in [3.05, 3.63) is 22.4 Å². The standard InChI is InChI=1S/C9H12N2O2S/c1-7(8-4-3-5-14-8)11-13-6-9(12)10-2/h3-5H,6H2,1-2H3,(H,10,12)/b11-7-. The summed E-state index contributed by atoms with van der Waals surface area (Å²) in [6.07, 6.45) is 0. The molecule has 0 unspecified atom stereocenters. The van der Waals surface area contributed by atoms with Gasteiger partial charge in [0.25, 0.3) is 5.91 Å². The third-order valence-corrected chi connectivity index (χ3v) is 2.53. The average molecular weight is 212 g/mol. The zero-order valence-corrected chi connectivity index (χ0v) is 8.93. The van der Waals surface area contributed by atoms with Gasteiger partial charge in [-0.05, 0) is 18.4 Å². The van der Waals surface area contributed by atoms with Gasteiger partial charge in [0.05, 0.1) is 10.6 Å². The number of rotatable bonds is 4. The highest BCUT2D eigenvalue weighted by atomic mass is 32.1. The molecule has 1 rings (SSSR count). The molecule has 76 valence electrons. The number of oxime groups is 1. The van der Waals surface area contributed by atoms with Gasteiger partial charge < -0.3 is 10.2 Å². The summed E-state index contributed by atoms with van der Waals surface area (Å²) in [5.74, 6) is -0.187. The van der Waals surface area contributed by atoms with Crippen LogP contribution in [0.4, 0.5) is 0 Å². The maximum atomic E-state index is 10.8. The van der Waals surface area contributed by atoms with Crippen molar-refractivity contribution >= 4 is 23.0 Å². The minimum atomic E-state index is -0.187. The average Bonchev–Trinajstić information content (AvgIpc) is 2.70. The molecule has 0 aliphatic heterocycles. The second-order valence-corrected chi connectivity index (χ2v) is 3.55. The first-order valence-corrected chi connectivity index (χ1v) is 5.03. The van der Waals surface area contributed by atoms with Gasteiger partial charge in [-0.15, -0.1) is 11.3 Å². The molecule has 0 atom stereocenters. The number of thiophene rings is 1. The fourth-order valence-electron chi connectivity index (χ4n) is 0.789. The molecular formula is C9H12N2O2S. The van der Waals surface area contributed by atoms with Crippen LogP contribution in [-0.4, -0.2) is 25.3 Å². The van der Waals surface area contributed by atoms with E-state index in [0.717, 1.165) is 10.6 Å². The van der Waals surface area contributed by atoms with E-state index in [4.69, 9.17) is 4.84 Å². The molecule has 0 aliphatic carbocycles. The molecule has 4 nitrogen and oxygen atoms in total. The van der Waals surface area contributed by atoms with E-state index in [1.807, 2.05) is 24.4 Å². The normalized spacial score (nSPS) is 11.1. The first-order chi connectivity index (χ1) is 6.74. The fourth-order valence-corrected chi connectivity index (χ4v) is 1.46. The Morgan fingerprint density at radius 2 is 2.50 bits per heavy atom. The van der Waals surface area contributed by atoms with Crippen LogP contribution < -0.4 is 5.32 Å². The van der Waals surface area contributed by atoms with Gasteiger partial charge in [-0.1, -0.05) is 11.2 Å². The molecule has 0 saturated carbocycles. The molecule has 0 spiro atoms. The fraction of sp³-hybridized carbons (Fsp3) is 0.333. The van der Waals surface area contributed by atoms with E-state index in [9.17, 15) is 4.79 Å². The first-order valence-electron chi connectivity index (χ1n) is 4.15. The Morgan fingerprint density at radius 3 is 3.07 bits per heavy atom. The lowest BCUT2D eigenvalue weighted by molar-refractivity contribution is -0.125. The molecule has 0 aliphatic rings. The minimum absolute atomic E-state index is 0.0424. The quantitative estimate of drug-likeness (QED) is 0.603. The predicted molar refractivity (Wildman–Crippen MR) is 56.5 cm³/mol. The van der Waals surface area contributed by atoms with Gasteiger partial charge in [-0.25, -0.2) is 0 Å². The Labute approximate surface area is 86.6 Å². The largest absolute Gasteiger partial charge is 0.385 e. The Balaban J connectivity index is 2.42. The molecule has 1 heterocycles. The lowest BCUT2D eigenvalue weighted by atomic mass is 10.3. The summed E-state index contributed by atoms with van der Waals surface area (Å²) in [4.78, 5) is 16.7. The zero-order valence-electron chi connectivity index (χ0n) is 8.11. The summed E-state index contributed by atoms with van der Waals surface area (Å²) in [6.45, 7) is 1.80. The van der Waals surface area contributed by atoms with Gasteiger partial charge in [0.1, 0.15) is 0 Å². The van der Waals surface area contributed by atoms with Crippen LogP contribution in [0.15, 0.2) is 22.7 Å². The number of likely N-dealkylation sites (N-methyl/N-ethyl adjacent to an activating group) is 1. The lowest BCUT2D eigenvalue weighted by Crippen LogP contribution is -2.22. The van der Waals surface area contributed by atoms with Crippen molar-refractivity contribution in [2.45, 2.75) is 6.92 Å². The lowest BCUT2D eigenvalue weighted by Gasteiger charge is -1.99. The van der Waals surface area contributed by atoms with Gasteiger partial charge >= 0.3 is 0 Å². The van der Waals surface area contributed by atoms with Crippen molar-refractivity contribution in [2.75, 3.05) is 13.7 Å². The van der Waals surface area contributed by atoms with Gasteiger partial charge in [0.15, 0.2) is 6.61 Å². The summed E-state index contributed by atoms with van der Waals surface area (Å²) in [5, 5.41) is 8.23. The van der Waals surface area contributed by atoms with Crippen LogP contribution in [0.2, 0.25) is 0 Å². The summed E-state index contributed by atoms with van der Waals surface area (Å²) in [6, 6.07) is 3.89. The Bertz CT molecular complexity index is 320. The molecule has 1 N–H and O–H groups in total. The van der Waals surface area contributed by atoms with Gasteiger partial charge in [0, 0.05) is 7.05 Å². The molecule has 5 heteroatoms. The van der Waals surface area contributed by atoms with Crippen molar-refractivity contribution in [2.24, 2.45) is 5.16 Å². The van der Waals surface area contributed by atoms with Crippen LogP contribution in [0, 0.1) is 0 Å². The van der Waals surface area contributed by atoms with Crippen LogP contribution in [0.3, 0.4) is 0 Å². The van der Waals surface area contributed by atoms with Crippen LogP contribution in [0.1, 0.15) is 11.8 Å². The molecule has 0 aromatic carbocycles. The first kappa shape index (κ1) is 10.7. The second kappa shape index (κ2) is 5.39. The van der Waals surface area contributed by atoms with E-state index in [0.29, 0.717) is 0 Å². The highest BCUT2D eigenvalue weighted by Crippen LogP contribution is 2.09. The Morgan fingerprint density at radius 1 is 1.71 bits per heavy atom. The van der Waals surface area contributed by atoms with Gasteiger partial charge in [-0.2, -0.15) is 0 Å². The van der Waals surface area contributed by atoms with Crippen molar-refractivity contribution in [3.63, 3.8) is 0 Å². The molecular weight excluding hydrogens is 200 g/mol. The zero-order chi connectivity index (χ0) is 10.4. The highest BCUT2D eigenvalue weighted by molar-refractivity contribution is 7.12. The maximum Gasteiger partial charge on any atom is 0.260 e. The van der Waals surface area contributed by atoms with E-state index < -0.39 is 0 Å². The van der Waals surface area contributed by atoms with E-state index in [2.05, 4.69) is 10.5 Å². The molecule has 0 saturated heterocycles. The van der Waals surface area contributed by atoms with E-state index >= 15 is 0 Å². The van der Waals surface area contributed by atoms with E-state index in [1.165, 1.54) is 0 Å². The Kier molecular flexibility index (Phi) is 4.12.